The van der Waals surface area contributed by atoms with E-state index < -0.39 is 24.6 Å². The van der Waals surface area contributed by atoms with Gasteiger partial charge in [-0.1, -0.05) is 6.07 Å². The van der Waals surface area contributed by atoms with Gasteiger partial charge >= 0.3 is 12.2 Å². The highest BCUT2D eigenvalue weighted by atomic mass is 16.5. The van der Waals surface area contributed by atoms with Crippen molar-refractivity contribution < 1.29 is 29.6 Å². The second-order valence-corrected chi connectivity index (χ2v) is 5.25. The zero-order valence-corrected chi connectivity index (χ0v) is 12.7. The predicted molar refractivity (Wildman–Crippen MR) is 81.1 cm³/mol. The molecule has 1 amide bonds. The molecule has 0 aliphatic carbocycles. The zero-order chi connectivity index (χ0) is 17.4. The highest BCUT2D eigenvalue weighted by Crippen LogP contribution is 2.32. The minimum atomic E-state index is -1.38. The minimum absolute atomic E-state index is 0.162. The van der Waals surface area contributed by atoms with E-state index in [0.717, 1.165) is 14.7 Å². The van der Waals surface area contributed by atoms with Crippen molar-refractivity contribution in [3.05, 3.63) is 24.4 Å². The number of ether oxygens (including phenoxy) is 1. The van der Waals surface area contributed by atoms with Crippen LogP contribution in [-0.2, 0) is 4.74 Å². The Morgan fingerprint density at radius 1 is 1.29 bits per heavy atom. The number of fused-ring (bicyclic) bond motifs is 1. The smallest absolute Gasteiger partial charge is 0.434 e. The molecule has 10 nitrogen and oxygen atoms in total. The average Bonchev–Trinajstić information content (AvgIpc) is 3.13. The van der Waals surface area contributed by atoms with Gasteiger partial charge in [0, 0.05) is 5.39 Å². The second kappa shape index (κ2) is 6.07. The van der Waals surface area contributed by atoms with Crippen molar-refractivity contribution in [1.82, 2.24) is 14.8 Å². The third kappa shape index (κ3) is 2.46. The van der Waals surface area contributed by atoms with Crippen LogP contribution in [0.3, 0.4) is 0 Å². The summed E-state index contributed by atoms with van der Waals surface area (Å²) in [7, 11) is 1.21. The Labute approximate surface area is 136 Å². The molecule has 10 heteroatoms. The van der Waals surface area contributed by atoms with E-state index in [1.807, 2.05) is 0 Å². The number of hydrazine groups is 1. The van der Waals surface area contributed by atoms with Crippen molar-refractivity contribution in [2.24, 2.45) is 0 Å². The number of anilines is 1. The van der Waals surface area contributed by atoms with Crippen molar-refractivity contribution in [3.63, 3.8) is 0 Å². The van der Waals surface area contributed by atoms with Gasteiger partial charge in [0.05, 0.1) is 24.5 Å². The molecule has 2 atom stereocenters. The van der Waals surface area contributed by atoms with E-state index in [9.17, 15) is 24.9 Å². The molecule has 2 aromatic rings. The first-order valence-electron chi connectivity index (χ1n) is 7.18. The molecule has 0 saturated carbocycles. The molecule has 1 aliphatic heterocycles. The van der Waals surface area contributed by atoms with E-state index in [0.29, 0.717) is 10.9 Å². The fraction of sp³-hybridized carbons (Fsp3) is 0.357. The highest BCUT2D eigenvalue weighted by Gasteiger charge is 2.39. The molecule has 0 bridgehead atoms. The van der Waals surface area contributed by atoms with Crippen LogP contribution in [0.15, 0.2) is 24.4 Å². The molecule has 24 heavy (non-hydrogen) atoms. The number of benzene rings is 1. The van der Waals surface area contributed by atoms with Crippen molar-refractivity contribution in [3.8, 4) is 0 Å². The quantitative estimate of drug-likeness (QED) is 0.734. The number of aliphatic hydroxyl groups is 2. The fourth-order valence-electron chi connectivity index (χ4n) is 2.81. The summed E-state index contributed by atoms with van der Waals surface area (Å²) in [6.07, 6.45) is -2.57. The summed E-state index contributed by atoms with van der Waals surface area (Å²) in [6.45, 7) is 0. The first kappa shape index (κ1) is 16.2. The summed E-state index contributed by atoms with van der Waals surface area (Å²) in [6, 6.07) is 4.63. The number of carboxylic acid groups (broad SMARTS) is 1. The van der Waals surface area contributed by atoms with Crippen LogP contribution in [0.1, 0.15) is 12.8 Å². The Balaban J connectivity index is 2.14. The first-order valence-corrected chi connectivity index (χ1v) is 7.18. The average molecular weight is 336 g/mol. The number of aliphatic hydroxyl groups excluding tert-OH is 2. The molecule has 3 N–H and O–H groups in total. The van der Waals surface area contributed by atoms with Gasteiger partial charge in [-0.05, 0) is 25.0 Å². The molecule has 1 fully saturated rings. The van der Waals surface area contributed by atoms with Gasteiger partial charge < -0.3 is 20.1 Å². The molecule has 3 rings (SSSR count). The van der Waals surface area contributed by atoms with E-state index in [1.165, 1.54) is 19.4 Å². The Hall–Kier alpha value is -2.69. The summed E-state index contributed by atoms with van der Waals surface area (Å²) in [4.78, 5) is 23.5. The van der Waals surface area contributed by atoms with Crippen molar-refractivity contribution >= 4 is 28.8 Å². The zero-order valence-electron chi connectivity index (χ0n) is 12.7. The van der Waals surface area contributed by atoms with Gasteiger partial charge in [-0.2, -0.15) is 14.8 Å². The maximum atomic E-state index is 11.8. The van der Waals surface area contributed by atoms with Crippen LogP contribution in [0.2, 0.25) is 0 Å². The Morgan fingerprint density at radius 2 is 1.96 bits per heavy atom. The molecule has 1 aliphatic rings. The number of carbonyl (C=O) groups is 2. The molecule has 2 heterocycles. The third-order valence-electron chi connectivity index (χ3n) is 3.87. The number of amides is 1. The summed E-state index contributed by atoms with van der Waals surface area (Å²) in [5.41, 5.74) is 0.504. The maximum absolute atomic E-state index is 11.8. The van der Waals surface area contributed by atoms with Crippen LogP contribution >= 0.6 is 0 Å². The summed E-state index contributed by atoms with van der Waals surface area (Å²) in [5.74, 6) is 0. The molecule has 2 unspecified atom stereocenters. The minimum Gasteiger partial charge on any atom is -0.464 e. The van der Waals surface area contributed by atoms with Crippen LogP contribution in [-0.4, -0.2) is 61.9 Å². The first-order chi connectivity index (χ1) is 11.5. The maximum Gasteiger partial charge on any atom is 0.434 e. The highest BCUT2D eigenvalue weighted by molar-refractivity contribution is 6.01. The standard InChI is InChI=1S/C14H16N4O6/c1-24-14(23)16-9-3-2-4-10(8(9)7-15-16)17(13(21)22)18-11(19)5-6-12(18)20/h2-4,7,11-12,19-20H,5-6H2,1H3,(H,21,22). The summed E-state index contributed by atoms with van der Waals surface area (Å²) < 4.78 is 5.62. The second-order valence-electron chi connectivity index (χ2n) is 5.25. The van der Waals surface area contributed by atoms with Gasteiger partial charge in [0.2, 0.25) is 0 Å². The van der Waals surface area contributed by atoms with Crippen molar-refractivity contribution in [2.45, 2.75) is 25.3 Å². The Kier molecular flexibility index (Phi) is 4.09. The number of hydrogen-bond acceptors (Lipinski definition) is 7. The number of methoxy groups -OCH3 is 1. The largest absolute Gasteiger partial charge is 0.464 e. The number of rotatable bonds is 2. The van der Waals surface area contributed by atoms with Crippen LogP contribution in [0, 0.1) is 0 Å². The fourth-order valence-corrected chi connectivity index (χ4v) is 2.81. The van der Waals surface area contributed by atoms with Gasteiger partial charge in [-0.15, -0.1) is 0 Å². The third-order valence-corrected chi connectivity index (χ3v) is 3.87. The van der Waals surface area contributed by atoms with Crippen LogP contribution in [0.25, 0.3) is 10.9 Å². The predicted octanol–water partition coefficient (Wildman–Crippen LogP) is 0.783. The number of nitrogens with zero attached hydrogens (tertiary/aromatic N) is 4. The molecule has 1 aromatic heterocycles. The van der Waals surface area contributed by atoms with E-state index in [4.69, 9.17) is 0 Å². The molecule has 128 valence electrons. The molecule has 1 aromatic carbocycles. The lowest BCUT2D eigenvalue weighted by atomic mass is 10.2. The Bertz CT molecular complexity index is 781. The van der Waals surface area contributed by atoms with Crippen LogP contribution in [0.5, 0.6) is 0 Å². The monoisotopic (exact) mass is 336 g/mol. The van der Waals surface area contributed by atoms with Gasteiger partial charge in [0.15, 0.2) is 0 Å². The van der Waals surface area contributed by atoms with Gasteiger partial charge in [-0.25, -0.2) is 14.6 Å². The molecular weight excluding hydrogens is 320 g/mol. The molecule has 1 saturated heterocycles. The van der Waals surface area contributed by atoms with E-state index in [1.54, 1.807) is 12.1 Å². The van der Waals surface area contributed by atoms with Gasteiger partial charge in [-0.3, -0.25) is 0 Å². The number of hydrogen-bond donors (Lipinski definition) is 3. The summed E-state index contributed by atoms with van der Waals surface area (Å²) in [5, 5.41) is 35.6. The van der Waals surface area contributed by atoms with Crippen molar-refractivity contribution in [2.75, 3.05) is 12.1 Å². The molecule has 0 spiro atoms. The SMILES string of the molecule is COC(=O)n1ncc2c(N(C(=O)O)N3C(O)CCC3O)cccc21. The normalized spacial score (nSPS) is 21.1. The van der Waals surface area contributed by atoms with E-state index >= 15 is 0 Å². The number of aromatic nitrogens is 2. The lowest BCUT2D eigenvalue weighted by Gasteiger charge is -2.34. The molecule has 0 radical (unpaired) electrons. The lowest BCUT2D eigenvalue weighted by Crippen LogP contribution is -2.52. The van der Waals surface area contributed by atoms with E-state index in [-0.39, 0.29) is 18.5 Å². The topological polar surface area (TPSA) is 128 Å². The van der Waals surface area contributed by atoms with Gasteiger partial charge in [0.1, 0.15) is 12.5 Å². The molecular formula is C14H16N4O6. The lowest BCUT2D eigenvalue weighted by molar-refractivity contribution is -0.0574. The van der Waals surface area contributed by atoms with Crippen molar-refractivity contribution in [1.29, 1.82) is 0 Å². The number of carbonyl (C=O) groups excluding carboxylic acids is 1. The van der Waals surface area contributed by atoms with E-state index in [2.05, 4.69) is 9.84 Å². The van der Waals surface area contributed by atoms with Crippen LogP contribution < -0.4 is 5.01 Å². The van der Waals surface area contributed by atoms with Gasteiger partial charge in [0.25, 0.3) is 0 Å². The summed E-state index contributed by atoms with van der Waals surface area (Å²) >= 11 is 0. The Morgan fingerprint density at radius 3 is 2.54 bits per heavy atom. The van der Waals surface area contributed by atoms with Crippen LogP contribution in [0.4, 0.5) is 15.3 Å².